The second-order valence-electron chi connectivity index (χ2n) is 6.19. The van der Waals surface area contributed by atoms with Gasteiger partial charge in [-0.1, -0.05) is 23.4 Å². The van der Waals surface area contributed by atoms with Crippen LogP contribution in [-0.2, 0) is 4.74 Å². The monoisotopic (exact) mass is 371 g/mol. The molecule has 0 unspecified atom stereocenters. The molecule has 3 aromatic rings. The molecule has 3 atom stereocenters. The number of aromatic nitrogens is 5. The first-order valence-electron chi connectivity index (χ1n) is 8.35. The van der Waals surface area contributed by atoms with Crippen LogP contribution in [0.15, 0.2) is 52.3 Å². The molecule has 10 nitrogen and oxygen atoms in total. The summed E-state index contributed by atoms with van der Waals surface area (Å²) < 4.78 is 8.20. The lowest BCUT2D eigenvalue weighted by Gasteiger charge is -2.15. The van der Waals surface area contributed by atoms with Gasteiger partial charge in [0.2, 0.25) is 0 Å². The van der Waals surface area contributed by atoms with Crippen molar-refractivity contribution in [1.82, 2.24) is 24.5 Å². The molecule has 1 aromatic carbocycles. The van der Waals surface area contributed by atoms with Crippen LogP contribution in [0.5, 0.6) is 0 Å². The molecule has 1 fully saturated rings. The average molecular weight is 371 g/mol. The fourth-order valence-corrected chi connectivity index (χ4v) is 3.11. The quantitative estimate of drug-likeness (QED) is 0.558. The lowest BCUT2D eigenvalue weighted by atomic mass is 10.2. The first-order valence-corrected chi connectivity index (χ1v) is 8.35. The van der Waals surface area contributed by atoms with E-state index >= 15 is 0 Å². The number of aromatic amines is 1. The number of nitrogens with one attached hydrogen (secondary N) is 1. The molecule has 1 aliphatic rings. The van der Waals surface area contributed by atoms with Crippen LogP contribution in [0, 0.1) is 0 Å². The second kappa shape index (κ2) is 6.91. The van der Waals surface area contributed by atoms with Gasteiger partial charge in [-0.25, -0.2) is 9.48 Å². The first-order chi connectivity index (χ1) is 13.1. The Morgan fingerprint density at radius 1 is 1.26 bits per heavy atom. The predicted molar refractivity (Wildman–Crippen MR) is 93.3 cm³/mol. The van der Waals surface area contributed by atoms with Gasteiger partial charge in [0, 0.05) is 12.6 Å². The zero-order valence-electron chi connectivity index (χ0n) is 14.1. The minimum atomic E-state index is -0.904. The maximum absolute atomic E-state index is 12.4. The molecule has 10 heteroatoms. The molecule has 3 N–H and O–H groups in total. The van der Waals surface area contributed by atoms with Crippen LogP contribution in [0.25, 0.3) is 16.9 Å². The number of benzene rings is 1. The van der Waals surface area contributed by atoms with Crippen molar-refractivity contribution in [3.8, 4) is 16.9 Å². The van der Waals surface area contributed by atoms with Crippen molar-refractivity contribution in [3.63, 3.8) is 0 Å². The number of ether oxygens (including phenoxy) is 1. The Balaban J connectivity index is 1.79. The zero-order chi connectivity index (χ0) is 19.0. The van der Waals surface area contributed by atoms with Crippen molar-refractivity contribution in [2.45, 2.75) is 24.9 Å². The molecule has 27 heavy (non-hydrogen) atoms. The van der Waals surface area contributed by atoms with Crippen molar-refractivity contribution in [2.75, 3.05) is 6.61 Å². The van der Waals surface area contributed by atoms with Crippen LogP contribution in [0.2, 0.25) is 0 Å². The van der Waals surface area contributed by atoms with Crippen LogP contribution in [0.3, 0.4) is 0 Å². The molecule has 4 rings (SSSR count). The fraction of sp³-hybridized carbons (Fsp3) is 0.294. The van der Waals surface area contributed by atoms with E-state index in [1.165, 1.54) is 21.6 Å². The summed E-state index contributed by atoms with van der Waals surface area (Å²) in [5, 5.41) is 27.0. The maximum atomic E-state index is 12.4. The Labute approximate surface area is 152 Å². The summed E-state index contributed by atoms with van der Waals surface area (Å²) in [4.78, 5) is 26.9. The number of aliphatic hydroxyl groups is 2. The molecule has 1 saturated heterocycles. The largest absolute Gasteiger partial charge is 0.394 e. The Bertz CT molecular complexity index is 1060. The third kappa shape index (κ3) is 3.10. The lowest BCUT2D eigenvalue weighted by Crippen LogP contribution is -2.33. The number of aliphatic hydroxyl groups excluding tert-OH is 2. The first kappa shape index (κ1) is 17.3. The number of rotatable bonds is 4. The number of H-pyrrole nitrogens is 1. The Kier molecular flexibility index (Phi) is 4.44. The van der Waals surface area contributed by atoms with Crippen molar-refractivity contribution in [2.24, 2.45) is 0 Å². The molecular formula is C17H17N5O5. The number of para-hydroxylation sites is 1. The van der Waals surface area contributed by atoms with Crippen LogP contribution in [0.1, 0.15) is 12.6 Å². The lowest BCUT2D eigenvalue weighted by molar-refractivity contribution is -0.0458. The highest BCUT2D eigenvalue weighted by Gasteiger charge is 2.35. The maximum Gasteiger partial charge on any atom is 0.330 e. The highest BCUT2D eigenvalue weighted by atomic mass is 16.5. The fourth-order valence-electron chi connectivity index (χ4n) is 3.11. The summed E-state index contributed by atoms with van der Waals surface area (Å²) >= 11 is 0. The average Bonchev–Trinajstić information content (AvgIpc) is 3.29. The third-order valence-corrected chi connectivity index (χ3v) is 4.49. The van der Waals surface area contributed by atoms with Crippen molar-refractivity contribution < 1.29 is 14.9 Å². The molecule has 140 valence electrons. The summed E-state index contributed by atoms with van der Waals surface area (Å²) in [6.07, 6.45) is 0.408. The van der Waals surface area contributed by atoms with Gasteiger partial charge >= 0.3 is 5.69 Å². The highest BCUT2D eigenvalue weighted by Crippen LogP contribution is 2.28. The van der Waals surface area contributed by atoms with Gasteiger partial charge in [-0.05, 0) is 12.1 Å². The van der Waals surface area contributed by atoms with Gasteiger partial charge in [0.25, 0.3) is 5.56 Å². The van der Waals surface area contributed by atoms with Gasteiger partial charge in [0.15, 0.2) is 0 Å². The topological polar surface area (TPSA) is 135 Å². The SMILES string of the molecule is O=c1[nH]c(=O)n([C@H]2C[C@H](O)[C@@H](CO)O2)cc1-c1cnnn1-c1ccccc1. The molecule has 0 bridgehead atoms. The van der Waals surface area contributed by atoms with Gasteiger partial charge < -0.3 is 14.9 Å². The van der Waals surface area contributed by atoms with E-state index in [1.54, 1.807) is 0 Å². The minimum Gasteiger partial charge on any atom is -0.394 e. The summed E-state index contributed by atoms with van der Waals surface area (Å²) in [6, 6.07) is 9.13. The molecule has 0 radical (unpaired) electrons. The summed E-state index contributed by atoms with van der Waals surface area (Å²) in [6.45, 7) is -0.368. The normalized spacial score (nSPS) is 22.2. The summed E-state index contributed by atoms with van der Waals surface area (Å²) in [5.41, 5.74) is 0.0174. The molecule has 1 aliphatic heterocycles. The Hall–Kier alpha value is -3.08. The standard InChI is InChI=1S/C17H17N5O5/c23-9-14-13(24)6-15(27-14)21-8-11(16(25)19-17(21)26)12-7-18-20-22(12)10-4-2-1-3-5-10/h1-5,7-8,13-15,23-24H,6,9H2,(H,19,25,26)/t13-,14+,15+/m0/s1. The van der Waals surface area contributed by atoms with Crippen LogP contribution < -0.4 is 11.2 Å². The van der Waals surface area contributed by atoms with E-state index in [0.29, 0.717) is 11.4 Å². The van der Waals surface area contributed by atoms with Crippen LogP contribution >= 0.6 is 0 Å². The van der Waals surface area contributed by atoms with E-state index in [4.69, 9.17) is 4.74 Å². The summed E-state index contributed by atoms with van der Waals surface area (Å²) in [5.74, 6) is 0. The Morgan fingerprint density at radius 3 is 2.74 bits per heavy atom. The van der Waals surface area contributed by atoms with Crippen molar-refractivity contribution in [1.29, 1.82) is 0 Å². The number of nitrogens with zero attached hydrogens (tertiary/aromatic N) is 4. The van der Waals surface area contributed by atoms with Gasteiger partial charge in [-0.3, -0.25) is 14.3 Å². The number of hydrogen-bond donors (Lipinski definition) is 3. The van der Waals surface area contributed by atoms with E-state index < -0.39 is 29.7 Å². The van der Waals surface area contributed by atoms with E-state index in [9.17, 15) is 19.8 Å². The molecule has 0 aliphatic carbocycles. The third-order valence-electron chi connectivity index (χ3n) is 4.49. The van der Waals surface area contributed by atoms with E-state index in [2.05, 4.69) is 15.3 Å². The molecule has 0 spiro atoms. The van der Waals surface area contributed by atoms with E-state index in [0.717, 1.165) is 0 Å². The minimum absolute atomic E-state index is 0.118. The summed E-state index contributed by atoms with van der Waals surface area (Å²) in [7, 11) is 0. The second-order valence-corrected chi connectivity index (χ2v) is 6.19. The Morgan fingerprint density at radius 2 is 2.04 bits per heavy atom. The predicted octanol–water partition coefficient (Wildman–Crippen LogP) is -0.575. The van der Waals surface area contributed by atoms with Crippen molar-refractivity contribution >= 4 is 0 Å². The zero-order valence-corrected chi connectivity index (χ0v) is 14.1. The van der Waals surface area contributed by atoms with Crippen LogP contribution in [0.4, 0.5) is 0 Å². The molecule has 2 aromatic heterocycles. The highest BCUT2D eigenvalue weighted by molar-refractivity contribution is 5.58. The molecule has 0 amide bonds. The number of hydrogen-bond acceptors (Lipinski definition) is 7. The van der Waals surface area contributed by atoms with Crippen LogP contribution in [-0.4, -0.2) is 53.6 Å². The van der Waals surface area contributed by atoms with Crippen molar-refractivity contribution in [3.05, 3.63) is 63.6 Å². The van der Waals surface area contributed by atoms with E-state index in [-0.39, 0.29) is 18.6 Å². The smallest absolute Gasteiger partial charge is 0.330 e. The molecule has 3 heterocycles. The van der Waals surface area contributed by atoms with Gasteiger partial charge in [-0.2, -0.15) is 0 Å². The molecular weight excluding hydrogens is 354 g/mol. The van der Waals surface area contributed by atoms with Gasteiger partial charge in [0.05, 0.1) is 30.2 Å². The van der Waals surface area contributed by atoms with E-state index in [1.807, 2.05) is 30.3 Å². The van der Waals surface area contributed by atoms with Gasteiger partial charge in [-0.15, -0.1) is 5.10 Å². The van der Waals surface area contributed by atoms with Gasteiger partial charge in [0.1, 0.15) is 18.0 Å². The molecule has 0 saturated carbocycles.